The molecule has 1 rings (SSSR count). The molecule has 0 saturated carbocycles. The quantitative estimate of drug-likeness (QED) is 0.778. The summed E-state index contributed by atoms with van der Waals surface area (Å²) < 4.78 is 0. The predicted octanol–water partition coefficient (Wildman–Crippen LogP) is 3.00. The molecule has 1 atom stereocenters. The summed E-state index contributed by atoms with van der Waals surface area (Å²) in [6, 6.07) is 2.22. The van der Waals surface area contributed by atoms with Crippen molar-refractivity contribution < 1.29 is 0 Å². The van der Waals surface area contributed by atoms with Crippen molar-refractivity contribution in [1.29, 1.82) is 0 Å². The van der Waals surface area contributed by atoms with E-state index in [0.29, 0.717) is 5.25 Å². The fourth-order valence-corrected chi connectivity index (χ4v) is 2.22. The van der Waals surface area contributed by atoms with E-state index in [2.05, 4.69) is 37.1 Å². The first-order valence-corrected chi connectivity index (χ1v) is 6.32. The lowest BCUT2D eigenvalue weighted by atomic mass is 10.2. The molecule has 0 aliphatic rings. The number of thioether (sulfide) groups is 1. The summed E-state index contributed by atoms with van der Waals surface area (Å²) in [7, 11) is 1.96. The third-order valence-electron chi connectivity index (χ3n) is 2.36. The normalized spacial score (nSPS) is 12.8. The second kappa shape index (κ2) is 6.13. The molecule has 1 N–H and O–H groups in total. The van der Waals surface area contributed by atoms with Crippen molar-refractivity contribution >= 4 is 11.8 Å². The molecule has 0 aromatic carbocycles. The maximum Gasteiger partial charge on any atom is 0.0991 e. The standard InChI is InChI=1S/C12H20N2S/c1-5-10(3)15-12-9(2)6-11(7-13-4)8-14-12/h6,8,10,13H,5,7H2,1-4H3. The number of nitrogens with zero attached hydrogens (tertiary/aromatic N) is 1. The first-order chi connectivity index (χ1) is 7.17. The molecule has 0 radical (unpaired) electrons. The molecule has 2 nitrogen and oxygen atoms in total. The van der Waals surface area contributed by atoms with Gasteiger partial charge in [-0.25, -0.2) is 4.98 Å². The van der Waals surface area contributed by atoms with Crippen LogP contribution in [0.5, 0.6) is 0 Å². The number of rotatable bonds is 5. The van der Waals surface area contributed by atoms with Gasteiger partial charge in [-0.15, -0.1) is 11.8 Å². The number of nitrogens with one attached hydrogen (secondary N) is 1. The Labute approximate surface area is 96.9 Å². The van der Waals surface area contributed by atoms with Gasteiger partial charge in [0.1, 0.15) is 0 Å². The lowest BCUT2D eigenvalue weighted by Gasteiger charge is -2.10. The van der Waals surface area contributed by atoms with E-state index in [9.17, 15) is 0 Å². The van der Waals surface area contributed by atoms with Crippen molar-refractivity contribution in [1.82, 2.24) is 10.3 Å². The topological polar surface area (TPSA) is 24.9 Å². The molecule has 15 heavy (non-hydrogen) atoms. The lowest BCUT2D eigenvalue weighted by molar-refractivity contribution is 0.806. The maximum atomic E-state index is 4.51. The Morgan fingerprint density at radius 1 is 1.53 bits per heavy atom. The van der Waals surface area contributed by atoms with Gasteiger partial charge in [-0.2, -0.15) is 0 Å². The molecule has 0 fully saturated rings. The fraction of sp³-hybridized carbons (Fsp3) is 0.583. The third kappa shape index (κ3) is 3.84. The van der Waals surface area contributed by atoms with Crippen molar-refractivity contribution in [2.24, 2.45) is 0 Å². The molecule has 1 heterocycles. The zero-order valence-corrected chi connectivity index (χ0v) is 10.8. The van der Waals surface area contributed by atoms with Gasteiger partial charge in [0.05, 0.1) is 5.03 Å². The zero-order chi connectivity index (χ0) is 11.3. The molecule has 0 aliphatic carbocycles. The number of aryl methyl sites for hydroxylation is 1. The summed E-state index contributed by atoms with van der Waals surface area (Å²) in [5.41, 5.74) is 2.54. The molecule has 0 saturated heterocycles. The van der Waals surface area contributed by atoms with Crippen molar-refractivity contribution in [3.05, 3.63) is 23.4 Å². The summed E-state index contributed by atoms with van der Waals surface area (Å²) in [5, 5.41) is 4.95. The van der Waals surface area contributed by atoms with Crippen LogP contribution in [0, 0.1) is 6.92 Å². The van der Waals surface area contributed by atoms with Gasteiger partial charge in [-0.05, 0) is 31.5 Å². The van der Waals surface area contributed by atoms with Crippen LogP contribution in [0.25, 0.3) is 0 Å². The second-order valence-corrected chi connectivity index (χ2v) is 5.26. The third-order valence-corrected chi connectivity index (χ3v) is 3.74. The second-order valence-electron chi connectivity index (χ2n) is 3.83. The number of hydrogen-bond acceptors (Lipinski definition) is 3. The SMILES string of the molecule is CCC(C)Sc1ncc(CNC)cc1C. The van der Waals surface area contributed by atoms with Gasteiger partial charge in [0.25, 0.3) is 0 Å². The molecule has 0 amide bonds. The van der Waals surface area contributed by atoms with Crippen LogP contribution in [-0.4, -0.2) is 17.3 Å². The fourth-order valence-electron chi connectivity index (χ4n) is 1.32. The largest absolute Gasteiger partial charge is 0.316 e. The number of pyridine rings is 1. The highest BCUT2D eigenvalue weighted by Gasteiger charge is 2.06. The van der Waals surface area contributed by atoms with E-state index in [0.717, 1.165) is 6.54 Å². The van der Waals surface area contributed by atoms with Gasteiger partial charge in [0.15, 0.2) is 0 Å². The maximum absolute atomic E-state index is 4.51. The van der Waals surface area contributed by atoms with Crippen LogP contribution in [0.3, 0.4) is 0 Å². The van der Waals surface area contributed by atoms with E-state index in [4.69, 9.17) is 0 Å². The Hall–Kier alpha value is -0.540. The van der Waals surface area contributed by atoms with Crippen LogP contribution in [0.4, 0.5) is 0 Å². The average Bonchev–Trinajstić information content (AvgIpc) is 2.22. The van der Waals surface area contributed by atoms with Crippen molar-refractivity contribution in [3.63, 3.8) is 0 Å². The lowest BCUT2D eigenvalue weighted by Crippen LogP contribution is -2.06. The van der Waals surface area contributed by atoms with Crippen LogP contribution < -0.4 is 5.32 Å². The molecule has 1 aromatic rings. The van der Waals surface area contributed by atoms with Crippen LogP contribution >= 0.6 is 11.8 Å². The minimum absolute atomic E-state index is 0.645. The predicted molar refractivity (Wildman–Crippen MR) is 67.3 cm³/mol. The average molecular weight is 224 g/mol. The molecule has 0 spiro atoms. The summed E-state index contributed by atoms with van der Waals surface area (Å²) in [5.74, 6) is 0. The highest BCUT2D eigenvalue weighted by molar-refractivity contribution is 7.99. The van der Waals surface area contributed by atoms with Gasteiger partial charge < -0.3 is 5.32 Å². The van der Waals surface area contributed by atoms with Crippen LogP contribution in [-0.2, 0) is 6.54 Å². The molecule has 84 valence electrons. The number of aromatic nitrogens is 1. The Kier molecular flexibility index (Phi) is 5.12. The molecule has 0 bridgehead atoms. The van der Waals surface area contributed by atoms with E-state index in [1.807, 2.05) is 25.0 Å². The molecule has 3 heteroatoms. The van der Waals surface area contributed by atoms with E-state index in [1.165, 1.54) is 22.6 Å². The minimum Gasteiger partial charge on any atom is -0.316 e. The van der Waals surface area contributed by atoms with Crippen molar-refractivity contribution in [2.75, 3.05) is 7.05 Å². The first-order valence-electron chi connectivity index (χ1n) is 5.44. The zero-order valence-electron chi connectivity index (χ0n) is 10.0. The molecule has 1 aromatic heterocycles. The monoisotopic (exact) mass is 224 g/mol. The van der Waals surface area contributed by atoms with E-state index in [-0.39, 0.29) is 0 Å². The van der Waals surface area contributed by atoms with Gasteiger partial charge in [-0.3, -0.25) is 0 Å². The Balaban J connectivity index is 2.74. The van der Waals surface area contributed by atoms with Gasteiger partial charge >= 0.3 is 0 Å². The Bertz CT molecular complexity index is 312. The molecule has 0 aliphatic heterocycles. The smallest absolute Gasteiger partial charge is 0.0991 e. The van der Waals surface area contributed by atoms with Crippen LogP contribution in [0.1, 0.15) is 31.4 Å². The van der Waals surface area contributed by atoms with Gasteiger partial charge in [0.2, 0.25) is 0 Å². The van der Waals surface area contributed by atoms with E-state index in [1.54, 1.807) is 0 Å². The minimum atomic E-state index is 0.645. The van der Waals surface area contributed by atoms with Crippen molar-refractivity contribution in [2.45, 2.75) is 44.0 Å². The summed E-state index contributed by atoms with van der Waals surface area (Å²) in [6.07, 6.45) is 3.15. The summed E-state index contributed by atoms with van der Waals surface area (Å²) in [4.78, 5) is 4.51. The highest BCUT2D eigenvalue weighted by Crippen LogP contribution is 2.26. The highest BCUT2D eigenvalue weighted by atomic mass is 32.2. The summed E-state index contributed by atoms with van der Waals surface area (Å²) in [6.45, 7) is 7.48. The van der Waals surface area contributed by atoms with E-state index >= 15 is 0 Å². The number of hydrogen-bond donors (Lipinski definition) is 1. The molecule has 1 unspecified atom stereocenters. The summed E-state index contributed by atoms with van der Waals surface area (Å²) >= 11 is 1.87. The molecular weight excluding hydrogens is 204 g/mol. The van der Waals surface area contributed by atoms with E-state index < -0.39 is 0 Å². The Morgan fingerprint density at radius 3 is 2.80 bits per heavy atom. The first kappa shape index (κ1) is 12.5. The Morgan fingerprint density at radius 2 is 2.27 bits per heavy atom. The van der Waals surface area contributed by atoms with Gasteiger partial charge in [0, 0.05) is 18.0 Å². The van der Waals surface area contributed by atoms with Crippen molar-refractivity contribution in [3.8, 4) is 0 Å². The van der Waals surface area contributed by atoms with Gasteiger partial charge in [-0.1, -0.05) is 19.9 Å². The van der Waals surface area contributed by atoms with Crippen LogP contribution in [0.15, 0.2) is 17.3 Å². The van der Waals surface area contributed by atoms with Crippen LogP contribution in [0.2, 0.25) is 0 Å². The molecular formula is C12H20N2S.